The number of aromatic hydroxyl groups is 1. The van der Waals surface area contributed by atoms with E-state index in [0.29, 0.717) is 31.4 Å². The summed E-state index contributed by atoms with van der Waals surface area (Å²) in [6, 6.07) is 1.17. The lowest BCUT2D eigenvalue weighted by atomic mass is 10.0. The van der Waals surface area contributed by atoms with Crippen molar-refractivity contribution in [1.29, 1.82) is 0 Å². The standard InChI is InChI=1S/C22H35N5O7S/c1-12(28)18(22(33)34)27-21(32)17(11-35)26-20(31)16(10-13-5-7-14(29)8-6-13)25-19(30)15(24)4-2-3-9-23/h5-8,12,15-18,28-29,35H,2-4,9-11,23-24H2,1H3,(H,25,30)(H,26,31)(H,27,32)(H,33,34). The van der Waals surface area contributed by atoms with Gasteiger partial charge in [0.1, 0.15) is 17.8 Å². The molecule has 0 saturated heterocycles. The van der Waals surface area contributed by atoms with Crippen molar-refractivity contribution in [2.75, 3.05) is 12.3 Å². The smallest absolute Gasteiger partial charge is 0.328 e. The summed E-state index contributed by atoms with van der Waals surface area (Å²) in [6.45, 7) is 1.67. The summed E-state index contributed by atoms with van der Waals surface area (Å²) >= 11 is 4.05. The number of carbonyl (C=O) groups is 4. The minimum Gasteiger partial charge on any atom is -0.508 e. The maximum absolute atomic E-state index is 13.0. The van der Waals surface area contributed by atoms with Crippen LogP contribution in [0.2, 0.25) is 0 Å². The summed E-state index contributed by atoms with van der Waals surface area (Å²) in [7, 11) is 0. The fourth-order valence-corrected chi connectivity index (χ4v) is 3.36. The molecular formula is C22H35N5O7S. The molecule has 13 heteroatoms. The number of phenols is 1. The second-order valence-corrected chi connectivity index (χ2v) is 8.50. The molecule has 0 aliphatic rings. The molecule has 0 spiro atoms. The second kappa shape index (κ2) is 15.2. The highest BCUT2D eigenvalue weighted by Gasteiger charge is 2.31. The fourth-order valence-electron chi connectivity index (χ4n) is 3.10. The van der Waals surface area contributed by atoms with Gasteiger partial charge in [0.15, 0.2) is 6.04 Å². The third-order valence-corrected chi connectivity index (χ3v) is 5.54. The molecule has 12 nitrogen and oxygen atoms in total. The minimum atomic E-state index is -1.58. The maximum atomic E-state index is 13.0. The van der Waals surface area contributed by atoms with Gasteiger partial charge in [0.25, 0.3) is 0 Å². The highest BCUT2D eigenvalue weighted by atomic mass is 32.1. The molecule has 196 valence electrons. The molecule has 10 N–H and O–H groups in total. The molecule has 0 aromatic heterocycles. The van der Waals surface area contributed by atoms with Gasteiger partial charge in [-0.3, -0.25) is 14.4 Å². The van der Waals surface area contributed by atoms with E-state index in [9.17, 15) is 29.4 Å². The van der Waals surface area contributed by atoms with Crippen LogP contribution in [0.1, 0.15) is 31.7 Å². The van der Waals surface area contributed by atoms with Crippen LogP contribution in [0.25, 0.3) is 0 Å². The van der Waals surface area contributed by atoms with E-state index in [1.165, 1.54) is 19.1 Å². The summed E-state index contributed by atoms with van der Waals surface area (Å²) < 4.78 is 0. The fraction of sp³-hybridized carbons (Fsp3) is 0.545. The third kappa shape index (κ3) is 10.5. The van der Waals surface area contributed by atoms with Crippen LogP contribution in [0.5, 0.6) is 5.75 Å². The Morgan fingerprint density at radius 3 is 2.06 bits per heavy atom. The number of nitrogens with one attached hydrogen (secondary N) is 3. The molecule has 0 heterocycles. The number of carbonyl (C=O) groups excluding carboxylic acids is 3. The summed E-state index contributed by atoms with van der Waals surface area (Å²) in [5, 5.41) is 35.4. The van der Waals surface area contributed by atoms with Gasteiger partial charge in [-0.15, -0.1) is 0 Å². The van der Waals surface area contributed by atoms with Crippen molar-refractivity contribution in [3.63, 3.8) is 0 Å². The number of unbranched alkanes of at least 4 members (excludes halogenated alkanes) is 1. The Balaban J connectivity index is 2.99. The first-order chi connectivity index (χ1) is 16.5. The minimum absolute atomic E-state index is 0.0265. The number of thiol groups is 1. The summed E-state index contributed by atoms with van der Waals surface area (Å²) in [5.41, 5.74) is 12.0. The Hall–Kier alpha value is -2.87. The molecule has 1 rings (SSSR count). The predicted molar refractivity (Wildman–Crippen MR) is 132 cm³/mol. The molecule has 0 aliphatic carbocycles. The van der Waals surface area contributed by atoms with Gasteiger partial charge in [-0.1, -0.05) is 18.6 Å². The van der Waals surface area contributed by atoms with Crippen molar-refractivity contribution in [2.24, 2.45) is 11.5 Å². The SMILES string of the molecule is CC(O)C(NC(=O)C(CS)NC(=O)C(Cc1ccc(O)cc1)NC(=O)C(N)CCCCN)C(=O)O. The van der Waals surface area contributed by atoms with Crippen molar-refractivity contribution < 1.29 is 34.5 Å². The van der Waals surface area contributed by atoms with E-state index in [-0.39, 0.29) is 17.9 Å². The Labute approximate surface area is 209 Å². The largest absolute Gasteiger partial charge is 0.508 e. The summed E-state index contributed by atoms with van der Waals surface area (Å²) in [4.78, 5) is 49.4. The van der Waals surface area contributed by atoms with Gasteiger partial charge in [0.05, 0.1) is 12.1 Å². The van der Waals surface area contributed by atoms with E-state index in [1.54, 1.807) is 12.1 Å². The van der Waals surface area contributed by atoms with Gasteiger partial charge >= 0.3 is 5.97 Å². The van der Waals surface area contributed by atoms with Crippen LogP contribution >= 0.6 is 12.6 Å². The molecule has 5 unspecified atom stereocenters. The number of hydrogen-bond donors (Lipinski definition) is 9. The van der Waals surface area contributed by atoms with Gasteiger partial charge in [-0.25, -0.2) is 4.79 Å². The zero-order valence-corrected chi connectivity index (χ0v) is 20.4. The lowest BCUT2D eigenvalue weighted by Crippen LogP contribution is -2.59. The molecule has 0 fully saturated rings. The predicted octanol–water partition coefficient (Wildman–Crippen LogP) is -1.76. The van der Waals surface area contributed by atoms with Crippen molar-refractivity contribution in [3.05, 3.63) is 29.8 Å². The number of carboxylic acid groups (broad SMARTS) is 1. The van der Waals surface area contributed by atoms with E-state index >= 15 is 0 Å². The lowest BCUT2D eigenvalue weighted by molar-refractivity contribution is -0.145. The third-order valence-electron chi connectivity index (χ3n) is 5.18. The van der Waals surface area contributed by atoms with Crippen molar-refractivity contribution in [3.8, 4) is 5.75 Å². The summed E-state index contributed by atoms with van der Waals surface area (Å²) in [5.74, 6) is -3.75. The van der Waals surface area contributed by atoms with Gasteiger partial charge in [-0.05, 0) is 44.0 Å². The molecule has 0 radical (unpaired) electrons. The van der Waals surface area contributed by atoms with Crippen LogP contribution in [0.15, 0.2) is 24.3 Å². The number of benzene rings is 1. The number of aliphatic hydroxyl groups is 1. The van der Waals surface area contributed by atoms with Crippen LogP contribution in [-0.4, -0.2) is 81.6 Å². The molecule has 0 aliphatic heterocycles. The molecule has 3 amide bonds. The van der Waals surface area contributed by atoms with E-state index in [4.69, 9.17) is 16.6 Å². The van der Waals surface area contributed by atoms with E-state index in [0.717, 1.165) is 0 Å². The number of phenolic OH excluding ortho intramolecular Hbond substituents is 1. The van der Waals surface area contributed by atoms with Crippen LogP contribution in [0.4, 0.5) is 0 Å². The van der Waals surface area contributed by atoms with Crippen LogP contribution in [-0.2, 0) is 25.6 Å². The number of carboxylic acids is 1. The van der Waals surface area contributed by atoms with Crippen LogP contribution in [0.3, 0.4) is 0 Å². The zero-order chi connectivity index (χ0) is 26.5. The zero-order valence-electron chi connectivity index (χ0n) is 19.5. The number of hydrogen-bond acceptors (Lipinski definition) is 9. The van der Waals surface area contributed by atoms with Crippen molar-refractivity contribution in [1.82, 2.24) is 16.0 Å². The van der Waals surface area contributed by atoms with Gasteiger partial charge < -0.3 is 42.7 Å². The summed E-state index contributed by atoms with van der Waals surface area (Å²) in [6.07, 6.45) is 0.347. The Kier molecular flexibility index (Phi) is 13.1. The number of aliphatic hydroxyl groups excluding tert-OH is 1. The van der Waals surface area contributed by atoms with Crippen molar-refractivity contribution in [2.45, 2.75) is 62.9 Å². The lowest BCUT2D eigenvalue weighted by Gasteiger charge is -2.25. The van der Waals surface area contributed by atoms with E-state index in [1.807, 2.05) is 0 Å². The Morgan fingerprint density at radius 2 is 1.54 bits per heavy atom. The normalized spacial score (nSPS) is 15.2. The molecule has 0 saturated carbocycles. The molecule has 0 bridgehead atoms. The topological polar surface area (TPSA) is 217 Å². The van der Waals surface area contributed by atoms with Gasteiger partial charge in [0, 0.05) is 12.2 Å². The average Bonchev–Trinajstić information content (AvgIpc) is 2.81. The van der Waals surface area contributed by atoms with Crippen molar-refractivity contribution >= 4 is 36.3 Å². The number of aliphatic carboxylic acids is 1. The van der Waals surface area contributed by atoms with Crippen LogP contribution in [0, 0.1) is 0 Å². The highest BCUT2D eigenvalue weighted by molar-refractivity contribution is 7.80. The first kappa shape index (κ1) is 30.2. The first-order valence-electron chi connectivity index (χ1n) is 11.2. The molecule has 1 aromatic rings. The monoisotopic (exact) mass is 513 g/mol. The average molecular weight is 514 g/mol. The Bertz CT molecular complexity index is 853. The molecule has 5 atom stereocenters. The Morgan fingerprint density at radius 1 is 0.971 bits per heavy atom. The maximum Gasteiger partial charge on any atom is 0.328 e. The molecular weight excluding hydrogens is 478 g/mol. The highest BCUT2D eigenvalue weighted by Crippen LogP contribution is 2.12. The number of rotatable bonds is 15. The number of amides is 3. The first-order valence-corrected chi connectivity index (χ1v) is 11.8. The molecule has 35 heavy (non-hydrogen) atoms. The van der Waals surface area contributed by atoms with Gasteiger partial charge in [0.2, 0.25) is 17.7 Å². The molecule has 1 aromatic carbocycles. The quantitative estimate of drug-likeness (QED) is 0.0957. The van der Waals surface area contributed by atoms with Gasteiger partial charge in [-0.2, -0.15) is 12.6 Å². The number of nitrogens with two attached hydrogens (primary N) is 2. The second-order valence-electron chi connectivity index (χ2n) is 8.13. The van der Waals surface area contributed by atoms with E-state index in [2.05, 4.69) is 28.6 Å². The van der Waals surface area contributed by atoms with E-state index < -0.39 is 54.0 Å². The van der Waals surface area contributed by atoms with Crippen LogP contribution < -0.4 is 27.4 Å².